The van der Waals surface area contributed by atoms with Gasteiger partial charge in [0.25, 0.3) is 0 Å². The van der Waals surface area contributed by atoms with Crippen molar-refractivity contribution in [3.8, 4) is 0 Å². The molecular formula is C6H12N2O4. The minimum Gasteiger partial charge on any atom is -0.480 e. The first kappa shape index (κ1) is 10.9. The molecule has 6 nitrogen and oxygen atoms in total. The molecule has 0 aliphatic carbocycles. The van der Waals surface area contributed by atoms with Crippen molar-refractivity contribution in [2.45, 2.75) is 12.5 Å². The van der Waals surface area contributed by atoms with Crippen LogP contribution in [0.4, 0.5) is 0 Å². The van der Waals surface area contributed by atoms with E-state index in [1.165, 1.54) is 0 Å². The number of carbonyl (C=O) groups is 2. The quantitative estimate of drug-likeness (QED) is 0.261. The number of rotatable bonds is 5. The van der Waals surface area contributed by atoms with E-state index in [0.717, 1.165) is 0 Å². The molecule has 0 amide bonds. The molecule has 0 aliphatic heterocycles. The summed E-state index contributed by atoms with van der Waals surface area (Å²) in [7, 11) is 0. The minimum atomic E-state index is -1.59. The molecule has 0 bridgehead atoms. The Hall–Kier alpha value is -1.14. The molecule has 70 valence electrons. The first-order chi connectivity index (χ1) is 5.59. The second-order valence-electron chi connectivity index (χ2n) is 2.13. The maximum Gasteiger partial charge on any atom is 0.334 e. The summed E-state index contributed by atoms with van der Waals surface area (Å²) in [4.78, 5) is 20.8. The fraction of sp³-hybridized carbons (Fsp3) is 0.667. The highest BCUT2D eigenvalue weighted by Crippen LogP contribution is 1.87. The topological polar surface area (TPSA) is 116 Å². The average Bonchev–Trinajstić information content (AvgIpc) is 2.03. The number of aliphatic carboxylic acids is 1. The van der Waals surface area contributed by atoms with Crippen LogP contribution in [0.5, 0.6) is 0 Å². The van der Waals surface area contributed by atoms with Crippen LogP contribution in [-0.2, 0) is 14.3 Å². The molecule has 0 spiro atoms. The summed E-state index contributed by atoms with van der Waals surface area (Å²) < 4.78 is 4.48. The van der Waals surface area contributed by atoms with E-state index in [-0.39, 0.29) is 6.61 Å². The van der Waals surface area contributed by atoms with Crippen molar-refractivity contribution in [2.75, 3.05) is 13.2 Å². The highest BCUT2D eigenvalue weighted by Gasteiger charge is 2.22. The van der Waals surface area contributed by atoms with Gasteiger partial charge in [-0.05, 0) is 13.0 Å². The Bertz CT molecular complexity index is 171. The van der Waals surface area contributed by atoms with E-state index >= 15 is 0 Å². The summed E-state index contributed by atoms with van der Waals surface area (Å²) >= 11 is 0. The van der Waals surface area contributed by atoms with Crippen molar-refractivity contribution in [1.29, 1.82) is 0 Å². The van der Waals surface area contributed by atoms with Gasteiger partial charge in [-0.3, -0.25) is 0 Å². The van der Waals surface area contributed by atoms with Gasteiger partial charge in [-0.25, -0.2) is 9.59 Å². The average molecular weight is 176 g/mol. The van der Waals surface area contributed by atoms with Crippen molar-refractivity contribution in [1.82, 2.24) is 0 Å². The van der Waals surface area contributed by atoms with Crippen LogP contribution in [0.15, 0.2) is 0 Å². The van der Waals surface area contributed by atoms with E-state index < -0.39 is 18.0 Å². The number of carbonyl (C=O) groups excluding carboxylic acids is 1. The van der Waals surface area contributed by atoms with Crippen LogP contribution in [0.3, 0.4) is 0 Å². The van der Waals surface area contributed by atoms with Gasteiger partial charge in [-0.2, -0.15) is 0 Å². The maximum absolute atomic E-state index is 10.7. The molecule has 0 radical (unpaired) electrons. The molecule has 0 fully saturated rings. The standard InChI is InChI=1S/C6H12N2O4/c7-2-1-3-12-6(11)4(8)5(9)10/h4H,1-3,7-8H2,(H,9,10). The molecule has 0 aromatic rings. The smallest absolute Gasteiger partial charge is 0.334 e. The Balaban J connectivity index is 3.65. The van der Waals surface area contributed by atoms with Crippen LogP contribution in [0.1, 0.15) is 6.42 Å². The van der Waals surface area contributed by atoms with Gasteiger partial charge in [0.2, 0.25) is 6.04 Å². The summed E-state index contributed by atoms with van der Waals surface area (Å²) in [6.07, 6.45) is 0.498. The van der Waals surface area contributed by atoms with Gasteiger partial charge < -0.3 is 21.3 Å². The van der Waals surface area contributed by atoms with Gasteiger partial charge in [0.05, 0.1) is 6.61 Å². The number of ether oxygens (including phenoxy) is 1. The number of esters is 1. The zero-order valence-corrected chi connectivity index (χ0v) is 6.53. The molecule has 1 atom stereocenters. The highest BCUT2D eigenvalue weighted by molar-refractivity contribution is 5.97. The molecule has 0 heterocycles. The summed E-state index contributed by atoms with van der Waals surface area (Å²) in [6.45, 7) is 0.492. The van der Waals surface area contributed by atoms with E-state index in [2.05, 4.69) is 4.74 Å². The van der Waals surface area contributed by atoms with Gasteiger partial charge in [-0.15, -0.1) is 0 Å². The van der Waals surface area contributed by atoms with Crippen LogP contribution < -0.4 is 11.5 Å². The first-order valence-corrected chi connectivity index (χ1v) is 3.44. The van der Waals surface area contributed by atoms with Crippen LogP contribution in [0.2, 0.25) is 0 Å². The molecule has 6 heteroatoms. The number of hydrogen-bond acceptors (Lipinski definition) is 5. The zero-order valence-electron chi connectivity index (χ0n) is 6.53. The van der Waals surface area contributed by atoms with E-state index in [4.69, 9.17) is 16.6 Å². The van der Waals surface area contributed by atoms with Crippen LogP contribution in [0, 0.1) is 0 Å². The Labute approximate surface area is 69.5 Å². The lowest BCUT2D eigenvalue weighted by molar-refractivity contribution is -0.153. The summed E-state index contributed by atoms with van der Waals surface area (Å²) in [5, 5.41) is 8.26. The summed E-state index contributed by atoms with van der Waals surface area (Å²) in [5.74, 6) is -2.33. The molecule has 0 aromatic carbocycles. The lowest BCUT2D eigenvalue weighted by Crippen LogP contribution is -2.39. The lowest BCUT2D eigenvalue weighted by atomic mass is 10.3. The third-order valence-electron chi connectivity index (χ3n) is 1.11. The van der Waals surface area contributed by atoms with Crippen molar-refractivity contribution < 1.29 is 19.4 Å². The Morgan fingerprint density at radius 2 is 2.08 bits per heavy atom. The fourth-order valence-corrected chi connectivity index (χ4v) is 0.447. The van der Waals surface area contributed by atoms with Crippen molar-refractivity contribution >= 4 is 11.9 Å². The largest absolute Gasteiger partial charge is 0.480 e. The number of nitrogens with two attached hydrogens (primary N) is 2. The lowest BCUT2D eigenvalue weighted by Gasteiger charge is -2.06. The number of hydrogen-bond donors (Lipinski definition) is 3. The van der Waals surface area contributed by atoms with Gasteiger partial charge >= 0.3 is 11.9 Å². The molecular weight excluding hydrogens is 164 g/mol. The van der Waals surface area contributed by atoms with E-state index in [1.54, 1.807) is 0 Å². The predicted octanol–water partition coefficient (Wildman–Crippen LogP) is -1.71. The fourth-order valence-electron chi connectivity index (χ4n) is 0.447. The van der Waals surface area contributed by atoms with Crippen molar-refractivity contribution in [2.24, 2.45) is 11.5 Å². The summed E-state index contributed by atoms with van der Waals surface area (Å²) in [6, 6.07) is -1.59. The normalized spacial score (nSPS) is 12.2. The highest BCUT2D eigenvalue weighted by atomic mass is 16.5. The van der Waals surface area contributed by atoms with Gasteiger partial charge in [0, 0.05) is 0 Å². The Morgan fingerprint density at radius 1 is 1.50 bits per heavy atom. The van der Waals surface area contributed by atoms with Crippen LogP contribution >= 0.6 is 0 Å². The predicted molar refractivity (Wildman–Crippen MR) is 40.2 cm³/mol. The van der Waals surface area contributed by atoms with Crippen LogP contribution in [0.25, 0.3) is 0 Å². The molecule has 0 aliphatic rings. The molecule has 0 saturated heterocycles. The molecule has 0 saturated carbocycles. The van der Waals surface area contributed by atoms with Crippen molar-refractivity contribution in [3.05, 3.63) is 0 Å². The number of carboxylic acids is 1. The van der Waals surface area contributed by atoms with Crippen LogP contribution in [-0.4, -0.2) is 36.2 Å². The second-order valence-corrected chi connectivity index (χ2v) is 2.13. The number of carboxylic acid groups (broad SMARTS) is 1. The SMILES string of the molecule is NCCCOC(=O)C(N)C(=O)O. The summed E-state index contributed by atoms with van der Waals surface area (Å²) in [5.41, 5.74) is 10.0. The molecule has 12 heavy (non-hydrogen) atoms. The zero-order chi connectivity index (χ0) is 9.56. The molecule has 5 N–H and O–H groups in total. The minimum absolute atomic E-state index is 0.107. The second kappa shape index (κ2) is 5.50. The molecule has 0 rings (SSSR count). The van der Waals surface area contributed by atoms with E-state index in [0.29, 0.717) is 13.0 Å². The molecule has 0 aromatic heterocycles. The van der Waals surface area contributed by atoms with E-state index in [1.807, 2.05) is 0 Å². The van der Waals surface area contributed by atoms with E-state index in [9.17, 15) is 9.59 Å². The first-order valence-electron chi connectivity index (χ1n) is 3.44. The monoisotopic (exact) mass is 176 g/mol. The van der Waals surface area contributed by atoms with Gasteiger partial charge in [-0.1, -0.05) is 0 Å². The Kier molecular flexibility index (Phi) is 4.98. The maximum atomic E-state index is 10.7. The Morgan fingerprint density at radius 3 is 2.50 bits per heavy atom. The molecule has 1 unspecified atom stereocenters. The third kappa shape index (κ3) is 3.89. The third-order valence-corrected chi connectivity index (χ3v) is 1.11. The van der Waals surface area contributed by atoms with Gasteiger partial charge in [0.1, 0.15) is 0 Å². The van der Waals surface area contributed by atoms with Gasteiger partial charge in [0.15, 0.2) is 0 Å². The van der Waals surface area contributed by atoms with Crippen molar-refractivity contribution in [3.63, 3.8) is 0 Å².